The van der Waals surface area contributed by atoms with Crippen LogP contribution in [0.25, 0.3) is 10.2 Å². The van der Waals surface area contributed by atoms with Crippen molar-refractivity contribution in [1.29, 1.82) is 0 Å². The molecule has 3 aromatic rings. The number of nitrogens with zero attached hydrogens (tertiary/aromatic N) is 2. The molecule has 0 bridgehead atoms. The van der Waals surface area contributed by atoms with E-state index in [1.807, 2.05) is 29.0 Å². The van der Waals surface area contributed by atoms with Crippen LogP contribution >= 0.6 is 46.3 Å². The van der Waals surface area contributed by atoms with Crippen molar-refractivity contribution in [2.45, 2.75) is 11.4 Å². The number of thioether (sulfide) groups is 1. The van der Waals surface area contributed by atoms with E-state index >= 15 is 0 Å². The molecule has 0 aliphatic heterocycles. The van der Waals surface area contributed by atoms with E-state index in [1.54, 1.807) is 37.1 Å². The molecular weight excluding hydrogens is 411 g/mol. The van der Waals surface area contributed by atoms with Gasteiger partial charge in [-0.3, -0.25) is 4.79 Å². The zero-order valence-corrected chi connectivity index (χ0v) is 17.3. The fourth-order valence-corrected chi connectivity index (χ4v) is 4.62. The van der Waals surface area contributed by atoms with Gasteiger partial charge in [-0.05, 0) is 36.6 Å². The van der Waals surface area contributed by atoms with E-state index in [0.717, 1.165) is 15.1 Å². The normalized spacial score (nSPS) is 12.1. The molecule has 0 radical (unpaired) electrons. The van der Waals surface area contributed by atoms with Gasteiger partial charge in [-0.25, -0.2) is 0 Å². The minimum Gasteiger partial charge on any atom is -0.383 e. The summed E-state index contributed by atoms with van der Waals surface area (Å²) in [5.41, 5.74) is 1.32. The first-order valence-corrected chi connectivity index (χ1v) is 10.5. The van der Waals surface area contributed by atoms with Crippen LogP contribution in [0.3, 0.4) is 0 Å². The van der Waals surface area contributed by atoms with Gasteiger partial charge in [0.1, 0.15) is 0 Å². The highest BCUT2D eigenvalue weighted by molar-refractivity contribution is 7.98. The number of rotatable bonds is 5. The summed E-state index contributed by atoms with van der Waals surface area (Å²) in [6.07, 6.45) is 1.97. The van der Waals surface area contributed by atoms with Crippen LogP contribution < -0.4 is 4.80 Å². The van der Waals surface area contributed by atoms with E-state index in [0.29, 0.717) is 33.6 Å². The Kier molecular flexibility index (Phi) is 6.42. The Morgan fingerprint density at radius 2 is 2.04 bits per heavy atom. The van der Waals surface area contributed by atoms with Crippen LogP contribution in [-0.4, -0.2) is 30.4 Å². The standard InChI is InChI=1S/C18H16Cl2N2O2S2/c1-24-9-8-22-15-13(19)6-7-14(20)16(15)26-18(22)21-17(23)11-4-3-5-12(10-11)25-2/h3-7,10H,8-9H2,1-2H3. The predicted octanol–water partition coefficient (Wildman–Crippen LogP) is 5.12. The molecule has 0 spiro atoms. The van der Waals surface area contributed by atoms with Crippen molar-refractivity contribution in [1.82, 2.24) is 4.57 Å². The number of hydrogen-bond donors (Lipinski definition) is 0. The fourth-order valence-electron chi connectivity index (χ4n) is 2.49. The second-order valence-electron chi connectivity index (χ2n) is 5.38. The van der Waals surface area contributed by atoms with E-state index < -0.39 is 0 Å². The molecule has 4 nitrogen and oxygen atoms in total. The van der Waals surface area contributed by atoms with Crippen molar-refractivity contribution in [3.8, 4) is 0 Å². The molecule has 0 saturated carbocycles. The Morgan fingerprint density at radius 1 is 1.27 bits per heavy atom. The maximum Gasteiger partial charge on any atom is 0.279 e. The molecule has 0 aliphatic carbocycles. The maximum absolute atomic E-state index is 12.7. The van der Waals surface area contributed by atoms with E-state index in [1.165, 1.54) is 11.3 Å². The maximum atomic E-state index is 12.7. The van der Waals surface area contributed by atoms with Gasteiger partial charge in [0.25, 0.3) is 5.91 Å². The lowest BCUT2D eigenvalue weighted by atomic mass is 10.2. The number of thiazole rings is 1. The molecule has 0 aliphatic rings. The number of aromatic nitrogens is 1. The van der Waals surface area contributed by atoms with Gasteiger partial charge in [-0.2, -0.15) is 4.99 Å². The topological polar surface area (TPSA) is 43.6 Å². The van der Waals surface area contributed by atoms with Gasteiger partial charge in [-0.15, -0.1) is 11.8 Å². The molecule has 0 saturated heterocycles. The minimum atomic E-state index is -0.300. The van der Waals surface area contributed by atoms with Gasteiger partial charge >= 0.3 is 0 Å². The lowest BCUT2D eigenvalue weighted by molar-refractivity contribution is 0.0997. The van der Waals surface area contributed by atoms with E-state index in [-0.39, 0.29) is 5.91 Å². The lowest BCUT2D eigenvalue weighted by Gasteiger charge is -2.06. The summed E-state index contributed by atoms with van der Waals surface area (Å²) < 4.78 is 7.88. The first kappa shape index (κ1) is 19.5. The predicted molar refractivity (Wildman–Crippen MR) is 110 cm³/mol. The molecule has 8 heteroatoms. The first-order valence-electron chi connectivity index (χ1n) is 7.74. The van der Waals surface area contributed by atoms with E-state index in [4.69, 9.17) is 27.9 Å². The van der Waals surface area contributed by atoms with Crippen molar-refractivity contribution in [3.63, 3.8) is 0 Å². The van der Waals surface area contributed by atoms with Gasteiger partial charge < -0.3 is 9.30 Å². The molecule has 1 aromatic heterocycles. The molecule has 1 amide bonds. The highest BCUT2D eigenvalue weighted by atomic mass is 35.5. The molecule has 0 atom stereocenters. The second kappa shape index (κ2) is 8.59. The SMILES string of the molecule is COCCn1c(=NC(=O)c2cccc(SC)c2)sc2c(Cl)ccc(Cl)c21. The van der Waals surface area contributed by atoms with Crippen molar-refractivity contribution in [3.05, 3.63) is 56.8 Å². The first-order chi connectivity index (χ1) is 12.5. The third kappa shape index (κ3) is 4.00. The molecule has 26 heavy (non-hydrogen) atoms. The third-order valence-corrected chi connectivity index (χ3v) is 6.33. The Balaban J connectivity index is 2.16. The Bertz CT molecular complexity index is 1030. The van der Waals surface area contributed by atoms with E-state index in [9.17, 15) is 4.79 Å². The van der Waals surface area contributed by atoms with Crippen LogP contribution in [0.1, 0.15) is 10.4 Å². The van der Waals surface area contributed by atoms with Crippen molar-refractivity contribution in [2.24, 2.45) is 4.99 Å². The van der Waals surface area contributed by atoms with Crippen LogP contribution in [0.15, 0.2) is 46.3 Å². The molecule has 0 unspecified atom stereocenters. The van der Waals surface area contributed by atoms with Crippen LogP contribution in [0.2, 0.25) is 10.0 Å². The van der Waals surface area contributed by atoms with Crippen LogP contribution in [-0.2, 0) is 11.3 Å². The molecule has 0 N–H and O–H groups in total. The Morgan fingerprint density at radius 3 is 2.77 bits per heavy atom. The third-order valence-electron chi connectivity index (χ3n) is 3.76. The highest BCUT2D eigenvalue weighted by Crippen LogP contribution is 2.31. The van der Waals surface area contributed by atoms with E-state index in [2.05, 4.69) is 4.99 Å². The largest absolute Gasteiger partial charge is 0.383 e. The number of carbonyl (C=O) groups excluding carboxylic acids is 1. The Labute approximate surface area is 169 Å². The number of methoxy groups -OCH3 is 1. The highest BCUT2D eigenvalue weighted by Gasteiger charge is 2.14. The van der Waals surface area contributed by atoms with Gasteiger partial charge in [0, 0.05) is 24.1 Å². The fraction of sp³-hybridized carbons (Fsp3) is 0.222. The molecule has 1 heterocycles. The monoisotopic (exact) mass is 426 g/mol. The average Bonchev–Trinajstić information content (AvgIpc) is 3.02. The van der Waals surface area contributed by atoms with Crippen LogP contribution in [0.5, 0.6) is 0 Å². The number of benzene rings is 2. The molecule has 136 valence electrons. The number of amides is 1. The van der Waals surface area contributed by atoms with Gasteiger partial charge in [0.05, 0.1) is 26.9 Å². The smallest absolute Gasteiger partial charge is 0.279 e. The molecular formula is C18H16Cl2N2O2S2. The zero-order valence-electron chi connectivity index (χ0n) is 14.2. The summed E-state index contributed by atoms with van der Waals surface area (Å²) in [5.74, 6) is -0.300. The zero-order chi connectivity index (χ0) is 18.7. The summed E-state index contributed by atoms with van der Waals surface area (Å²) in [4.78, 5) is 18.6. The number of halogens is 2. The van der Waals surface area contributed by atoms with Crippen molar-refractivity contribution < 1.29 is 9.53 Å². The van der Waals surface area contributed by atoms with Crippen molar-refractivity contribution in [2.75, 3.05) is 20.0 Å². The number of fused-ring (bicyclic) bond motifs is 1. The van der Waals surface area contributed by atoms with Crippen LogP contribution in [0.4, 0.5) is 0 Å². The van der Waals surface area contributed by atoms with Gasteiger partial charge in [0.2, 0.25) is 0 Å². The summed E-state index contributed by atoms with van der Waals surface area (Å²) in [5, 5.41) is 1.15. The molecule has 2 aromatic carbocycles. The lowest BCUT2D eigenvalue weighted by Crippen LogP contribution is -2.19. The molecule has 3 rings (SSSR count). The summed E-state index contributed by atoms with van der Waals surface area (Å²) >= 11 is 15.6. The number of carbonyl (C=O) groups is 1. The second-order valence-corrected chi connectivity index (χ2v) is 8.06. The summed E-state index contributed by atoms with van der Waals surface area (Å²) in [6.45, 7) is 0.992. The molecule has 0 fully saturated rings. The number of hydrogen-bond acceptors (Lipinski definition) is 4. The summed E-state index contributed by atoms with van der Waals surface area (Å²) in [7, 11) is 1.62. The number of ether oxygens (including phenoxy) is 1. The Hall–Kier alpha value is -1.31. The quantitative estimate of drug-likeness (QED) is 0.531. The van der Waals surface area contributed by atoms with Crippen molar-refractivity contribution >= 4 is 62.4 Å². The minimum absolute atomic E-state index is 0.300. The average molecular weight is 427 g/mol. The van der Waals surface area contributed by atoms with Crippen LogP contribution in [0, 0.1) is 0 Å². The summed E-state index contributed by atoms with van der Waals surface area (Å²) in [6, 6.07) is 10.9. The van der Waals surface area contributed by atoms with Gasteiger partial charge in [-0.1, -0.05) is 40.6 Å². The van der Waals surface area contributed by atoms with Gasteiger partial charge in [0.15, 0.2) is 4.80 Å².